The summed E-state index contributed by atoms with van der Waals surface area (Å²) in [6, 6.07) is 9.58. The van der Waals surface area contributed by atoms with E-state index in [9.17, 15) is 14.4 Å². The molecule has 0 spiro atoms. The first-order valence-electron chi connectivity index (χ1n) is 8.90. The van der Waals surface area contributed by atoms with E-state index in [4.69, 9.17) is 9.99 Å². The molecular formula is C21H23IO6. The quantitative estimate of drug-likeness (QED) is 0.0867. The number of hydrogen-bond donors (Lipinski definition) is 1. The molecule has 1 aromatic carbocycles. The van der Waals surface area contributed by atoms with Crippen molar-refractivity contribution < 1.29 is 29.3 Å². The van der Waals surface area contributed by atoms with Crippen molar-refractivity contribution in [3.63, 3.8) is 0 Å². The number of alkyl halides is 2. The van der Waals surface area contributed by atoms with Gasteiger partial charge in [0.25, 0.3) is 0 Å². The Labute approximate surface area is 171 Å². The van der Waals surface area contributed by atoms with Crippen LogP contribution in [0.3, 0.4) is 0 Å². The number of rotatable bonds is 8. The summed E-state index contributed by atoms with van der Waals surface area (Å²) in [6.45, 7) is -0.343. The van der Waals surface area contributed by atoms with Gasteiger partial charge in [0.15, 0.2) is 0 Å². The Morgan fingerprint density at radius 2 is 2.04 bits per heavy atom. The van der Waals surface area contributed by atoms with Crippen LogP contribution in [-0.2, 0) is 30.4 Å². The van der Waals surface area contributed by atoms with E-state index < -0.39 is 25.8 Å². The minimum atomic E-state index is -2.00. The summed E-state index contributed by atoms with van der Waals surface area (Å²) in [7, 11) is 0. The van der Waals surface area contributed by atoms with Crippen molar-refractivity contribution in [3.8, 4) is 11.8 Å². The van der Waals surface area contributed by atoms with Crippen molar-refractivity contribution >= 4 is 35.4 Å². The van der Waals surface area contributed by atoms with Gasteiger partial charge in [-0.1, -0.05) is 0 Å². The Morgan fingerprint density at radius 1 is 1.25 bits per heavy atom. The first-order valence-corrected chi connectivity index (χ1v) is 12.7. The standard InChI is InChI=1S/C21H23IO6/c23-19(15-17-7-2-1-3-8-17)12-11-18-9-6-10-20(24)22(18)13-4-5-14-27-16-21(25)28-26/h1-3,7-8,11-12,18,26H,6,9-10,13-16H2/b12-11+/t18-/m1/s1. The Morgan fingerprint density at radius 3 is 2.79 bits per heavy atom. The third-order valence-electron chi connectivity index (χ3n) is 4.01. The van der Waals surface area contributed by atoms with Gasteiger partial charge in [0.05, 0.1) is 0 Å². The first kappa shape index (κ1) is 22.3. The number of ether oxygens (including phenoxy) is 1. The fourth-order valence-corrected chi connectivity index (χ4v) is 8.19. The Kier molecular flexibility index (Phi) is 9.90. The summed E-state index contributed by atoms with van der Waals surface area (Å²) in [4.78, 5) is 38.7. The molecule has 28 heavy (non-hydrogen) atoms. The van der Waals surface area contributed by atoms with E-state index in [0.29, 0.717) is 21.1 Å². The molecule has 150 valence electrons. The number of ketones is 1. The van der Waals surface area contributed by atoms with E-state index in [-0.39, 0.29) is 22.9 Å². The van der Waals surface area contributed by atoms with Gasteiger partial charge in [-0.2, -0.15) is 0 Å². The van der Waals surface area contributed by atoms with Crippen LogP contribution < -0.4 is 0 Å². The molecule has 0 saturated carbocycles. The summed E-state index contributed by atoms with van der Waals surface area (Å²) in [5, 5.41) is 8.11. The molecule has 1 N–H and O–H groups in total. The van der Waals surface area contributed by atoms with Crippen LogP contribution in [0.2, 0.25) is 0 Å². The Balaban J connectivity index is 1.86. The molecule has 2 rings (SSSR count). The van der Waals surface area contributed by atoms with Crippen LogP contribution in [-0.4, -0.2) is 42.4 Å². The average Bonchev–Trinajstić information content (AvgIpc) is 2.70. The summed E-state index contributed by atoms with van der Waals surface area (Å²) in [6.07, 6.45) is 6.29. The molecule has 1 fully saturated rings. The second kappa shape index (κ2) is 12.4. The zero-order valence-electron chi connectivity index (χ0n) is 15.4. The molecule has 1 aliphatic heterocycles. The second-order valence-electron chi connectivity index (χ2n) is 6.09. The van der Waals surface area contributed by atoms with Gasteiger partial charge in [-0.15, -0.1) is 0 Å². The molecule has 0 bridgehead atoms. The van der Waals surface area contributed by atoms with Gasteiger partial charge in [0.1, 0.15) is 0 Å². The average molecular weight is 498 g/mol. The molecule has 1 heterocycles. The van der Waals surface area contributed by atoms with Gasteiger partial charge in [0.2, 0.25) is 0 Å². The van der Waals surface area contributed by atoms with E-state index in [2.05, 4.69) is 16.7 Å². The minimum absolute atomic E-state index is 0.0311. The molecule has 6 nitrogen and oxygen atoms in total. The van der Waals surface area contributed by atoms with E-state index in [0.717, 1.165) is 18.4 Å². The number of allylic oxidation sites excluding steroid dienone is 2. The van der Waals surface area contributed by atoms with Gasteiger partial charge in [-0.05, 0) is 0 Å². The molecule has 1 saturated heterocycles. The van der Waals surface area contributed by atoms with E-state index in [1.165, 1.54) is 0 Å². The van der Waals surface area contributed by atoms with Crippen molar-refractivity contribution in [2.45, 2.75) is 29.6 Å². The number of benzene rings is 1. The van der Waals surface area contributed by atoms with Crippen LogP contribution in [0.15, 0.2) is 42.5 Å². The van der Waals surface area contributed by atoms with Crippen LogP contribution in [0.1, 0.15) is 24.8 Å². The molecule has 0 aromatic heterocycles. The molecule has 1 aromatic rings. The number of halogens is 1. The van der Waals surface area contributed by atoms with Crippen molar-refractivity contribution in [3.05, 3.63) is 48.0 Å². The third kappa shape index (κ3) is 7.92. The molecule has 1 aliphatic rings. The van der Waals surface area contributed by atoms with Crippen molar-refractivity contribution in [2.24, 2.45) is 0 Å². The fourth-order valence-electron chi connectivity index (χ4n) is 2.65. The third-order valence-corrected chi connectivity index (χ3v) is 10.3. The zero-order chi connectivity index (χ0) is 20.2. The van der Waals surface area contributed by atoms with Crippen LogP contribution in [0.4, 0.5) is 0 Å². The molecule has 1 atom stereocenters. The van der Waals surface area contributed by atoms with Crippen molar-refractivity contribution in [2.75, 3.05) is 17.6 Å². The maximum absolute atomic E-state index is 12.4. The molecular weight excluding hydrogens is 475 g/mol. The predicted molar refractivity (Wildman–Crippen MR) is 113 cm³/mol. The van der Waals surface area contributed by atoms with Crippen molar-refractivity contribution in [1.82, 2.24) is 0 Å². The predicted octanol–water partition coefficient (Wildman–Crippen LogP) is 2.98. The topological polar surface area (TPSA) is 89.9 Å². The van der Waals surface area contributed by atoms with Crippen molar-refractivity contribution in [1.29, 1.82) is 0 Å². The molecule has 7 heteroatoms. The van der Waals surface area contributed by atoms with Crippen LogP contribution >= 0.6 is 19.8 Å². The second-order valence-corrected chi connectivity index (χ2v) is 11.9. The van der Waals surface area contributed by atoms with Gasteiger partial charge in [-0.3, -0.25) is 0 Å². The normalized spacial score (nSPS) is 17.8. The molecule has 0 aliphatic carbocycles. The molecule has 0 unspecified atom stereocenters. The summed E-state index contributed by atoms with van der Waals surface area (Å²) in [5.41, 5.74) is 0.975. The van der Waals surface area contributed by atoms with Gasteiger partial charge >= 0.3 is 172 Å². The van der Waals surface area contributed by atoms with Crippen LogP contribution in [0.25, 0.3) is 0 Å². The number of carbonyl (C=O) groups excluding carboxylic acids is 3. The SMILES string of the molecule is O=C(/C=C/[C@H]1CCCC(=O)I1CC#CCOCC(=O)OO)Cc1ccccc1. The summed E-state index contributed by atoms with van der Waals surface area (Å²) >= 11 is -2.00. The summed E-state index contributed by atoms with van der Waals surface area (Å²) < 4.78 is 5.95. The molecule has 0 amide bonds. The van der Waals surface area contributed by atoms with Crippen LogP contribution in [0, 0.1) is 11.8 Å². The van der Waals surface area contributed by atoms with E-state index >= 15 is 0 Å². The van der Waals surface area contributed by atoms with Gasteiger partial charge < -0.3 is 0 Å². The number of hydrogen-bond acceptors (Lipinski definition) is 6. The van der Waals surface area contributed by atoms with E-state index in [1.54, 1.807) is 6.08 Å². The Hall–Kier alpha value is -2.02. The number of carbonyl (C=O) groups is 3. The van der Waals surface area contributed by atoms with Gasteiger partial charge in [-0.25, -0.2) is 0 Å². The Bertz CT molecular complexity index is 762. The van der Waals surface area contributed by atoms with E-state index in [1.807, 2.05) is 36.4 Å². The zero-order valence-corrected chi connectivity index (χ0v) is 17.6. The van der Waals surface area contributed by atoms with Gasteiger partial charge in [0, 0.05) is 0 Å². The maximum atomic E-state index is 12.4. The fraction of sp³-hybridized carbons (Fsp3) is 0.381. The molecule has 0 radical (unpaired) electrons. The van der Waals surface area contributed by atoms with Crippen LogP contribution in [0.5, 0.6) is 0 Å². The summed E-state index contributed by atoms with van der Waals surface area (Å²) in [5.74, 6) is 4.91. The first-order chi connectivity index (χ1) is 13.6. The monoisotopic (exact) mass is 498 g/mol.